The zero-order chi connectivity index (χ0) is 19.6. The average molecular weight is 397 g/mol. The lowest BCUT2D eigenvalue weighted by Crippen LogP contribution is -2.28. The van der Waals surface area contributed by atoms with Crippen LogP contribution in [0.25, 0.3) is 10.2 Å². The van der Waals surface area contributed by atoms with E-state index in [1.54, 1.807) is 11.4 Å². The van der Waals surface area contributed by atoms with Crippen molar-refractivity contribution in [2.45, 2.75) is 12.7 Å². The number of nitrogens with zero attached hydrogens (tertiary/aromatic N) is 2. The highest BCUT2D eigenvalue weighted by molar-refractivity contribution is 7.17. The molecule has 142 valence electrons. The van der Waals surface area contributed by atoms with Gasteiger partial charge in [0.15, 0.2) is 6.61 Å². The topological polar surface area (TPSA) is 75.3 Å². The van der Waals surface area contributed by atoms with Crippen LogP contribution in [0, 0.1) is 0 Å². The van der Waals surface area contributed by atoms with E-state index in [9.17, 15) is 22.8 Å². The van der Waals surface area contributed by atoms with E-state index in [1.807, 2.05) is 0 Å². The average Bonchev–Trinajstić information content (AvgIpc) is 3.08. The number of aromatic amines is 1. The molecule has 1 aromatic carbocycles. The molecule has 0 bridgehead atoms. The maximum absolute atomic E-state index is 12.5. The molecule has 0 spiro atoms. The predicted molar refractivity (Wildman–Crippen MR) is 94.0 cm³/mol. The molecule has 0 saturated heterocycles. The van der Waals surface area contributed by atoms with E-state index in [-0.39, 0.29) is 29.3 Å². The van der Waals surface area contributed by atoms with Crippen LogP contribution in [-0.2, 0) is 6.54 Å². The summed E-state index contributed by atoms with van der Waals surface area (Å²) in [5.74, 6) is -0.0160. The quantitative estimate of drug-likeness (QED) is 0.718. The van der Waals surface area contributed by atoms with Crippen LogP contribution in [-0.4, -0.2) is 40.6 Å². The molecule has 1 N–H and O–H groups in total. The van der Waals surface area contributed by atoms with Gasteiger partial charge in [-0.3, -0.25) is 9.59 Å². The lowest BCUT2D eigenvalue weighted by atomic mass is 10.2. The largest absolute Gasteiger partial charge is 0.484 e. The summed E-state index contributed by atoms with van der Waals surface area (Å²) in [6.07, 6.45) is -4.43. The fraction of sp³-hybridized carbons (Fsp3) is 0.235. The lowest BCUT2D eigenvalue weighted by Gasteiger charge is -2.17. The number of fused-ring (bicyclic) bond motifs is 1. The van der Waals surface area contributed by atoms with Crippen LogP contribution in [0.3, 0.4) is 0 Å². The summed E-state index contributed by atoms with van der Waals surface area (Å²) in [7, 11) is 1.54. The molecule has 0 aliphatic heterocycles. The highest BCUT2D eigenvalue weighted by Gasteiger charge is 2.28. The molecule has 0 unspecified atom stereocenters. The summed E-state index contributed by atoms with van der Waals surface area (Å²) in [6, 6.07) is 7.07. The van der Waals surface area contributed by atoms with Crippen molar-refractivity contribution in [3.63, 3.8) is 0 Å². The Labute approximate surface area is 155 Å². The van der Waals surface area contributed by atoms with Crippen LogP contribution >= 0.6 is 11.3 Å². The maximum Gasteiger partial charge on any atom is 0.422 e. The van der Waals surface area contributed by atoms with E-state index in [4.69, 9.17) is 0 Å². The van der Waals surface area contributed by atoms with Crippen LogP contribution in [0.1, 0.15) is 16.2 Å². The Kier molecular flexibility index (Phi) is 5.17. The number of alkyl halides is 3. The molecule has 3 aromatic rings. The lowest BCUT2D eigenvalue weighted by molar-refractivity contribution is -0.153. The Morgan fingerprint density at radius 1 is 1.26 bits per heavy atom. The number of aromatic nitrogens is 2. The number of carbonyl (C=O) groups excluding carboxylic acids is 1. The van der Waals surface area contributed by atoms with E-state index in [2.05, 4.69) is 14.7 Å². The molecular formula is C17H14F3N3O3S. The van der Waals surface area contributed by atoms with Crippen LogP contribution in [0.15, 0.2) is 40.5 Å². The number of ether oxygens (including phenoxy) is 1. The van der Waals surface area contributed by atoms with E-state index in [1.165, 1.54) is 47.5 Å². The van der Waals surface area contributed by atoms with Gasteiger partial charge in [0, 0.05) is 12.6 Å². The van der Waals surface area contributed by atoms with Crippen molar-refractivity contribution in [2.75, 3.05) is 13.7 Å². The second-order valence-corrected chi connectivity index (χ2v) is 6.65. The first-order valence-electron chi connectivity index (χ1n) is 7.74. The first-order valence-corrected chi connectivity index (χ1v) is 8.62. The van der Waals surface area contributed by atoms with Crippen molar-refractivity contribution >= 4 is 27.5 Å². The molecular weight excluding hydrogens is 383 g/mol. The van der Waals surface area contributed by atoms with Gasteiger partial charge in [0.1, 0.15) is 16.3 Å². The van der Waals surface area contributed by atoms with Crippen molar-refractivity contribution < 1.29 is 22.7 Å². The minimum absolute atomic E-state index is 0.0143. The number of rotatable bonds is 5. The third kappa shape index (κ3) is 4.64. The SMILES string of the molecule is CN(Cc1nc2ccsc2c(=O)[nH]1)C(=O)c1ccc(OCC(F)(F)F)cc1. The van der Waals surface area contributed by atoms with Crippen molar-refractivity contribution in [3.05, 3.63) is 57.5 Å². The van der Waals surface area contributed by atoms with E-state index in [0.717, 1.165) is 0 Å². The van der Waals surface area contributed by atoms with Gasteiger partial charge in [-0.25, -0.2) is 4.98 Å². The third-order valence-electron chi connectivity index (χ3n) is 3.60. The highest BCUT2D eigenvalue weighted by Crippen LogP contribution is 2.19. The number of thiophene rings is 1. The number of hydrogen-bond acceptors (Lipinski definition) is 5. The van der Waals surface area contributed by atoms with E-state index >= 15 is 0 Å². The molecule has 0 aliphatic rings. The van der Waals surface area contributed by atoms with Crippen molar-refractivity contribution in [1.82, 2.24) is 14.9 Å². The van der Waals surface area contributed by atoms with Gasteiger partial charge < -0.3 is 14.6 Å². The summed E-state index contributed by atoms with van der Waals surface area (Å²) >= 11 is 1.28. The van der Waals surface area contributed by atoms with Gasteiger partial charge in [-0.05, 0) is 35.7 Å². The van der Waals surface area contributed by atoms with E-state index < -0.39 is 12.8 Å². The van der Waals surface area contributed by atoms with Crippen molar-refractivity contribution in [1.29, 1.82) is 0 Å². The fourth-order valence-corrected chi connectivity index (χ4v) is 3.10. The van der Waals surface area contributed by atoms with Gasteiger partial charge >= 0.3 is 6.18 Å². The third-order valence-corrected chi connectivity index (χ3v) is 4.50. The molecule has 1 amide bonds. The van der Waals surface area contributed by atoms with Crippen molar-refractivity contribution in [3.8, 4) is 5.75 Å². The molecule has 0 radical (unpaired) electrons. The molecule has 2 heterocycles. The van der Waals surface area contributed by atoms with E-state index in [0.29, 0.717) is 16.0 Å². The zero-order valence-electron chi connectivity index (χ0n) is 14.0. The number of halogens is 3. The summed E-state index contributed by atoms with van der Waals surface area (Å²) in [5, 5.41) is 1.76. The fourth-order valence-electron chi connectivity index (χ4n) is 2.37. The number of amides is 1. The van der Waals surface area contributed by atoms with Crippen LogP contribution in [0.2, 0.25) is 0 Å². The van der Waals surface area contributed by atoms with Gasteiger partial charge in [0.25, 0.3) is 11.5 Å². The minimum atomic E-state index is -4.43. The van der Waals surface area contributed by atoms with Crippen LogP contribution < -0.4 is 10.3 Å². The number of benzene rings is 1. The van der Waals surface area contributed by atoms with Crippen LogP contribution in [0.5, 0.6) is 5.75 Å². The van der Waals surface area contributed by atoms with Gasteiger partial charge in [-0.15, -0.1) is 11.3 Å². The molecule has 0 atom stereocenters. The molecule has 0 aliphatic carbocycles. The summed E-state index contributed by atoms with van der Waals surface area (Å²) in [6.45, 7) is -1.32. The molecule has 6 nitrogen and oxygen atoms in total. The summed E-state index contributed by atoms with van der Waals surface area (Å²) < 4.78 is 41.6. The van der Waals surface area contributed by atoms with Gasteiger partial charge in [0.2, 0.25) is 0 Å². The minimum Gasteiger partial charge on any atom is -0.484 e. The molecule has 0 saturated carbocycles. The first kappa shape index (κ1) is 18.9. The predicted octanol–water partition coefficient (Wildman–Crippen LogP) is 3.20. The van der Waals surface area contributed by atoms with Crippen molar-refractivity contribution in [2.24, 2.45) is 0 Å². The monoisotopic (exact) mass is 397 g/mol. The number of nitrogens with one attached hydrogen (secondary N) is 1. The molecule has 10 heteroatoms. The Morgan fingerprint density at radius 2 is 1.96 bits per heavy atom. The Bertz CT molecular complexity index is 1010. The second-order valence-electron chi connectivity index (χ2n) is 5.74. The molecule has 3 rings (SSSR count). The highest BCUT2D eigenvalue weighted by atomic mass is 32.1. The molecule has 2 aromatic heterocycles. The Balaban J connectivity index is 1.68. The van der Waals surface area contributed by atoms with Gasteiger partial charge in [0.05, 0.1) is 12.1 Å². The molecule has 0 fully saturated rings. The smallest absolute Gasteiger partial charge is 0.422 e. The Morgan fingerprint density at radius 3 is 2.63 bits per heavy atom. The standard InChI is InChI=1S/C17H14F3N3O3S/c1-23(8-13-21-12-6-7-27-14(12)15(24)22-13)16(25)10-2-4-11(5-3-10)26-9-17(18,19)20/h2-7H,8-9H2,1H3,(H,21,22,24). The summed E-state index contributed by atoms with van der Waals surface area (Å²) in [5.41, 5.74) is 0.568. The van der Waals surface area contributed by atoms with Gasteiger partial charge in [-0.1, -0.05) is 0 Å². The molecule has 27 heavy (non-hydrogen) atoms. The zero-order valence-corrected chi connectivity index (χ0v) is 14.9. The first-order chi connectivity index (χ1) is 12.7. The summed E-state index contributed by atoms with van der Waals surface area (Å²) in [4.78, 5) is 32.7. The van der Waals surface area contributed by atoms with Crippen LogP contribution in [0.4, 0.5) is 13.2 Å². The maximum atomic E-state index is 12.5. The second kappa shape index (κ2) is 7.39. The normalized spacial score (nSPS) is 11.6. The number of hydrogen-bond donors (Lipinski definition) is 1. The number of H-pyrrole nitrogens is 1. The Hall–Kier alpha value is -2.88. The number of carbonyl (C=O) groups is 1. The van der Waals surface area contributed by atoms with Gasteiger partial charge in [-0.2, -0.15) is 13.2 Å².